The van der Waals surface area contributed by atoms with Gasteiger partial charge in [-0.3, -0.25) is 14.5 Å². The van der Waals surface area contributed by atoms with E-state index in [2.05, 4.69) is 5.16 Å². The Balaban J connectivity index is 1.64. The standard InChI is InChI=1S/C25H18N2O7/c1-13-11-19(26-34-13)27-21(14-7-9-15(10-8-14)25(31)32-2)20(23(29)24(27)30)22(28)18-12-16-5-3-4-6-17(16)33-18/h3-12,21,29H,1-2H3/t21-/m0/s1. The van der Waals surface area contributed by atoms with Gasteiger partial charge in [0.2, 0.25) is 5.78 Å². The summed E-state index contributed by atoms with van der Waals surface area (Å²) in [7, 11) is 1.27. The molecule has 170 valence electrons. The summed E-state index contributed by atoms with van der Waals surface area (Å²) >= 11 is 0. The average molecular weight is 458 g/mol. The van der Waals surface area contributed by atoms with Crippen molar-refractivity contribution >= 4 is 34.4 Å². The Morgan fingerprint density at radius 1 is 1.09 bits per heavy atom. The van der Waals surface area contributed by atoms with Crippen LogP contribution in [0.5, 0.6) is 0 Å². The molecule has 4 aromatic rings. The molecule has 0 saturated carbocycles. The van der Waals surface area contributed by atoms with Crippen LogP contribution in [-0.4, -0.2) is 35.0 Å². The Morgan fingerprint density at radius 2 is 1.82 bits per heavy atom. The molecule has 0 aliphatic carbocycles. The number of fused-ring (bicyclic) bond motifs is 1. The number of aromatic nitrogens is 1. The van der Waals surface area contributed by atoms with Gasteiger partial charge in [0.25, 0.3) is 5.91 Å². The minimum absolute atomic E-state index is 0.0232. The first kappa shape index (κ1) is 21.2. The van der Waals surface area contributed by atoms with E-state index in [9.17, 15) is 19.5 Å². The number of aryl methyl sites for hydroxylation is 1. The van der Waals surface area contributed by atoms with Gasteiger partial charge in [0, 0.05) is 11.5 Å². The van der Waals surface area contributed by atoms with Gasteiger partial charge in [-0.15, -0.1) is 0 Å². The molecular formula is C25H18N2O7. The predicted molar refractivity (Wildman–Crippen MR) is 119 cm³/mol. The van der Waals surface area contributed by atoms with Crippen molar-refractivity contribution in [1.29, 1.82) is 0 Å². The Kier molecular flexibility index (Phi) is 5.01. The van der Waals surface area contributed by atoms with E-state index in [1.165, 1.54) is 30.2 Å². The number of hydrogen-bond donors (Lipinski definition) is 1. The van der Waals surface area contributed by atoms with E-state index in [1.807, 2.05) is 6.07 Å². The molecule has 9 nitrogen and oxygen atoms in total. The fourth-order valence-electron chi connectivity index (χ4n) is 4.00. The number of anilines is 1. The van der Waals surface area contributed by atoms with Crippen LogP contribution in [0.1, 0.15) is 38.3 Å². The summed E-state index contributed by atoms with van der Waals surface area (Å²) < 4.78 is 15.6. The molecule has 1 aliphatic rings. The molecule has 0 radical (unpaired) electrons. The number of Topliss-reactive ketones (excluding diaryl/α,β-unsaturated/α-hetero) is 1. The van der Waals surface area contributed by atoms with E-state index < -0.39 is 29.5 Å². The Bertz CT molecular complexity index is 1440. The normalized spacial score (nSPS) is 15.9. The second kappa shape index (κ2) is 8.04. The monoisotopic (exact) mass is 458 g/mol. The maximum absolute atomic E-state index is 13.6. The SMILES string of the molecule is COC(=O)c1ccc([C@H]2C(C(=O)c3cc4ccccc4o3)=C(O)C(=O)N2c2cc(C)on2)cc1. The number of esters is 1. The average Bonchev–Trinajstić information content (AvgIpc) is 3.54. The molecule has 1 atom stereocenters. The van der Waals surface area contributed by atoms with E-state index in [0.29, 0.717) is 22.3 Å². The molecular weight excluding hydrogens is 440 g/mol. The number of rotatable bonds is 5. The molecule has 3 heterocycles. The fraction of sp³-hybridized carbons (Fsp3) is 0.120. The number of ketones is 1. The zero-order valence-corrected chi connectivity index (χ0v) is 18.1. The first-order valence-corrected chi connectivity index (χ1v) is 10.3. The van der Waals surface area contributed by atoms with Gasteiger partial charge in [-0.25, -0.2) is 4.79 Å². The van der Waals surface area contributed by atoms with Crippen LogP contribution in [0.2, 0.25) is 0 Å². The smallest absolute Gasteiger partial charge is 0.337 e. The zero-order valence-electron chi connectivity index (χ0n) is 18.1. The third kappa shape index (κ3) is 3.34. The van der Waals surface area contributed by atoms with Gasteiger partial charge in [0.1, 0.15) is 11.3 Å². The van der Waals surface area contributed by atoms with Crippen molar-refractivity contribution in [2.75, 3.05) is 12.0 Å². The predicted octanol–water partition coefficient (Wildman–Crippen LogP) is 4.30. The molecule has 1 N–H and O–H groups in total. The van der Waals surface area contributed by atoms with Crippen molar-refractivity contribution in [1.82, 2.24) is 5.16 Å². The Hall–Kier alpha value is -4.66. The van der Waals surface area contributed by atoms with Gasteiger partial charge in [-0.1, -0.05) is 35.5 Å². The first-order valence-electron chi connectivity index (χ1n) is 10.3. The van der Waals surface area contributed by atoms with Crippen molar-refractivity contribution in [3.63, 3.8) is 0 Å². The second-order valence-electron chi connectivity index (χ2n) is 7.73. The summed E-state index contributed by atoms with van der Waals surface area (Å²) in [4.78, 5) is 39.7. The highest BCUT2D eigenvalue weighted by atomic mass is 16.5. The van der Waals surface area contributed by atoms with Gasteiger partial charge in [-0.05, 0) is 36.8 Å². The number of para-hydroxylation sites is 1. The maximum atomic E-state index is 13.6. The molecule has 0 bridgehead atoms. The van der Waals surface area contributed by atoms with Gasteiger partial charge in [-0.2, -0.15) is 0 Å². The molecule has 0 saturated heterocycles. The van der Waals surface area contributed by atoms with Crippen molar-refractivity contribution in [2.45, 2.75) is 13.0 Å². The molecule has 0 fully saturated rings. The molecule has 1 amide bonds. The summed E-state index contributed by atoms with van der Waals surface area (Å²) in [5.74, 6) is -2.16. The lowest BCUT2D eigenvalue weighted by Gasteiger charge is -2.24. The van der Waals surface area contributed by atoms with Crippen LogP contribution < -0.4 is 4.90 Å². The summed E-state index contributed by atoms with van der Waals surface area (Å²) in [5, 5.41) is 15.4. The van der Waals surface area contributed by atoms with Crippen LogP contribution >= 0.6 is 0 Å². The third-order valence-electron chi connectivity index (χ3n) is 5.61. The minimum atomic E-state index is -1.04. The molecule has 0 unspecified atom stereocenters. The van der Waals surface area contributed by atoms with Crippen molar-refractivity contribution < 1.29 is 33.2 Å². The van der Waals surface area contributed by atoms with Gasteiger partial charge >= 0.3 is 5.97 Å². The van der Waals surface area contributed by atoms with Crippen LogP contribution in [0, 0.1) is 6.92 Å². The molecule has 1 aliphatic heterocycles. The molecule has 2 aromatic carbocycles. The summed E-state index contributed by atoms with van der Waals surface area (Å²) in [6.07, 6.45) is 0. The second-order valence-corrected chi connectivity index (χ2v) is 7.73. The van der Waals surface area contributed by atoms with Crippen LogP contribution in [0.25, 0.3) is 11.0 Å². The number of aliphatic hydroxyl groups is 1. The van der Waals surface area contributed by atoms with Crippen molar-refractivity contribution in [2.24, 2.45) is 0 Å². The fourth-order valence-corrected chi connectivity index (χ4v) is 4.00. The number of carbonyl (C=O) groups excluding carboxylic acids is 3. The summed E-state index contributed by atoms with van der Waals surface area (Å²) in [5.41, 5.74) is 1.08. The quantitative estimate of drug-likeness (QED) is 0.347. The van der Waals surface area contributed by atoms with Gasteiger partial charge < -0.3 is 18.8 Å². The topological polar surface area (TPSA) is 123 Å². The van der Waals surface area contributed by atoms with Crippen molar-refractivity contribution in [3.05, 3.63) is 94.6 Å². The molecule has 9 heteroatoms. The molecule has 5 rings (SSSR count). The van der Waals surface area contributed by atoms with E-state index in [-0.39, 0.29) is 22.7 Å². The van der Waals surface area contributed by atoms with Gasteiger partial charge in [0.05, 0.1) is 24.3 Å². The highest BCUT2D eigenvalue weighted by molar-refractivity contribution is 6.20. The lowest BCUT2D eigenvalue weighted by atomic mass is 9.94. The number of methoxy groups -OCH3 is 1. The summed E-state index contributed by atoms with van der Waals surface area (Å²) in [6.45, 7) is 1.66. The molecule has 34 heavy (non-hydrogen) atoms. The number of carbonyl (C=O) groups is 3. The minimum Gasteiger partial charge on any atom is -0.503 e. The lowest BCUT2D eigenvalue weighted by molar-refractivity contribution is -0.117. The number of aliphatic hydroxyl groups excluding tert-OH is 1. The highest BCUT2D eigenvalue weighted by Gasteiger charge is 2.46. The number of furan rings is 1. The lowest BCUT2D eigenvalue weighted by Crippen LogP contribution is -2.31. The van der Waals surface area contributed by atoms with E-state index in [4.69, 9.17) is 13.7 Å². The van der Waals surface area contributed by atoms with Crippen LogP contribution in [0.4, 0.5) is 5.82 Å². The number of hydrogen-bond acceptors (Lipinski definition) is 8. The van der Waals surface area contributed by atoms with E-state index >= 15 is 0 Å². The Labute approximate surface area is 192 Å². The number of nitrogens with zero attached hydrogens (tertiary/aromatic N) is 2. The third-order valence-corrected chi connectivity index (χ3v) is 5.61. The largest absolute Gasteiger partial charge is 0.503 e. The van der Waals surface area contributed by atoms with E-state index in [1.54, 1.807) is 43.3 Å². The first-order chi connectivity index (χ1) is 16.4. The van der Waals surface area contributed by atoms with Gasteiger partial charge in [0.15, 0.2) is 17.3 Å². The van der Waals surface area contributed by atoms with Crippen LogP contribution in [-0.2, 0) is 9.53 Å². The number of ether oxygens (including phenoxy) is 1. The zero-order chi connectivity index (χ0) is 24.0. The highest BCUT2D eigenvalue weighted by Crippen LogP contribution is 2.42. The number of amides is 1. The van der Waals surface area contributed by atoms with E-state index in [0.717, 1.165) is 0 Å². The maximum Gasteiger partial charge on any atom is 0.337 e. The van der Waals surface area contributed by atoms with Crippen LogP contribution in [0.3, 0.4) is 0 Å². The van der Waals surface area contributed by atoms with Crippen LogP contribution in [0.15, 0.2) is 80.9 Å². The Morgan fingerprint density at radius 3 is 2.47 bits per heavy atom. The molecule has 0 spiro atoms. The summed E-state index contributed by atoms with van der Waals surface area (Å²) in [6, 6.07) is 15.3. The molecule has 2 aromatic heterocycles. The van der Waals surface area contributed by atoms with Crippen molar-refractivity contribution in [3.8, 4) is 0 Å². The number of benzene rings is 2.